The molecule has 2 atom stereocenters. The fourth-order valence-electron chi connectivity index (χ4n) is 3.75. The Hall–Kier alpha value is -0.0400. The fraction of sp³-hybridized carbons (Fsp3) is 1.00. The molecule has 0 heterocycles. The van der Waals surface area contributed by atoms with Gasteiger partial charge in [0.25, 0.3) is 0 Å². The van der Waals surface area contributed by atoms with Crippen LogP contribution in [0.15, 0.2) is 0 Å². The summed E-state index contributed by atoms with van der Waals surface area (Å²) in [6, 6.07) is 0. The zero-order chi connectivity index (χ0) is 11.7. The van der Waals surface area contributed by atoms with Gasteiger partial charge in [0.2, 0.25) is 0 Å². The fourth-order valence-corrected chi connectivity index (χ4v) is 3.75. The van der Waals surface area contributed by atoms with Crippen molar-refractivity contribution in [3.63, 3.8) is 0 Å². The second-order valence-electron chi connectivity index (χ2n) is 7.09. The third kappa shape index (κ3) is 3.48. The first-order valence-corrected chi connectivity index (χ1v) is 6.43. The van der Waals surface area contributed by atoms with Crippen molar-refractivity contribution in [3.8, 4) is 0 Å². The first-order chi connectivity index (χ1) is 6.78. The normalized spacial score (nSPS) is 35.8. The lowest BCUT2D eigenvalue weighted by atomic mass is 9.58. The average molecular weight is 211 g/mol. The van der Waals surface area contributed by atoms with Crippen LogP contribution in [0.1, 0.15) is 53.9 Å². The first-order valence-electron chi connectivity index (χ1n) is 6.43. The van der Waals surface area contributed by atoms with Gasteiger partial charge in [0.05, 0.1) is 0 Å². The molecule has 1 fully saturated rings. The Morgan fingerprint density at radius 2 is 1.80 bits per heavy atom. The summed E-state index contributed by atoms with van der Waals surface area (Å²) in [5.74, 6) is 1.74. The van der Waals surface area contributed by atoms with Gasteiger partial charge in [0, 0.05) is 6.54 Å². The van der Waals surface area contributed by atoms with Crippen LogP contribution in [0.4, 0.5) is 0 Å². The molecule has 0 aromatic rings. The Kier molecular flexibility index (Phi) is 3.86. The summed E-state index contributed by atoms with van der Waals surface area (Å²) in [5.41, 5.74) is 1.03. The Bertz CT molecular complexity index is 207. The van der Waals surface area contributed by atoms with Crippen LogP contribution in [0.3, 0.4) is 0 Å². The SMILES string of the molecule is CNCC1(C)CC(C(C)C)CC(C)(C)C1. The van der Waals surface area contributed by atoms with Crippen molar-refractivity contribution in [3.05, 3.63) is 0 Å². The van der Waals surface area contributed by atoms with Gasteiger partial charge >= 0.3 is 0 Å². The molecule has 0 aromatic heterocycles. The smallest absolute Gasteiger partial charge is 0.000246 e. The largest absolute Gasteiger partial charge is 0.319 e. The minimum Gasteiger partial charge on any atom is -0.319 e. The van der Waals surface area contributed by atoms with E-state index in [-0.39, 0.29) is 0 Å². The van der Waals surface area contributed by atoms with Gasteiger partial charge in [-0.3, -0.25) is 0 Å². The van der Waals surface area contributed by atoms with Crippen molar-refractivity contribution in [2.45, 2.75) is 53.9 Å². The lowest BCUT2D eigenvalue weighted by Gasteiger charge is -2.48. The second-order valence-corrected chi connectivity index (χ2v) is 7.09. The van der Waals surface area contributed by atoms with Crippen molar-refractivity contribution < 1.29 is 0 Å². The van der Waals surface area contributed by atoms with E-state index in [1.54, 1.807) is 0 Å². The molecule has 0 amide bonds. The van der Waals surface area contributed by atoms with Gasteiger partial charge in [-0.1, -0.05) is 34.6 Å². The monoisotopic (exact) mass is 211 g/mol. The number of rotatable bonds is 3. The van der Waals surface area contributed by atoms with Gasteiger partial charge in [0.1, 0.15) is 0 Å². The molecular weight excluding hydrogens is 182 g/mol. The summed E-state index contributed by atoms with van der Waals surface area (Å²) in [4.78, 5) is 0. The van der Waals surface area contributed by atoms with Crippen LogP contribution in [0.2, 0.25) is 0 Å². The lowest BCUT2D eigenvalue weighted by Crippen LogP contribution is -2.42. The van der Waals surface area contributed by atoms with E-state index >= 15 is 0 Å². The van der Waals surface area contributed by atoms with E-state index in [0.717, 1.165) is 11.8 Å². The molecular formula is C14H29N. The lowest BCUT2D eigenvalue weighted by molar-refractivity contribution is 0.0362. The van der Waals surface area contributed by atoms with Gasteiger partial charge in [-0.05, 0) is 49.0 Å². The summed E-state index contributed by atoms with van der Waals surface area (Å²) >= 11 is 0. The highest BCUT2D eigenvalue weighted by Crippen LogP contribution is 2.50. The van der Waals surface area contributed by atoms with Crippen LogP contribution in [-0.2, 0) is 0 Å². The predicted molar refractivity (Wildman–Crippen MR) is 68.0 cm³/mol. The van der Waals surface area contributed by atoms with Crippen LogP contribution in [0.25, 0.3) is 0 Å². The van der Waals surface area contributed by atoms with Crippen LogP contribution in [0, 0.1) is 22.7 Å². The van der Waals surface area contributed by atoms with Crippen LogP contribution < -0.4 is 5.32 Å². The molecule has 0 radical (unpaired) electrons. The molecule has 0 bridgehead atoms. The third-order valence-corrected chi connectivity index (χ3v) is 4.02. The van der Waals surface area contributed by atoms with Gasteiger partial charge < -0.3 is 5.32 Å². The Labute approximate surface area is 96.0 Å². The zero-order valence-electron chi connectivity index (χ0n) is 11.5. The molecule has 90 valence electrons. The van der Waals surface area contributed by atoms with Crippen molar-refractivity contribution in [2.24, 2.45) is 22.7 Å². The topological polar surface area (TPSA) is 12.0 Å². The molecule has 0 spiro atoms. The highest BCUT2D eigenvalue weighted by atomic mass is 14.8. The maximum Gasteiger partial charge on any atom is 0.000246 e. The molecule has 1 N–H and O–H groups in total. The predicted octanol–water partition coefficient (Wildman–Crippen LogP) is 3.69. The molecule has 1 heteroatoms. The van der Waals surface area contributed by atoms with Crippen LogP contribution >= 0.6 is 0 Å². The van der Waals surface area contributed by atoms with Crippen molar-refractivity contribution in [1.82, 2.24) is 5.32 Å². The molecule has 1 saturated carbocycles. The summed E-state index contributed by atoms with van der Waals surface area (Å²) in [6.07, 6.45) is 4.17. The standard InChI is InChI=1S/C14H29N/c1-11(2)12-7-13(3,4)9-14(5,8-12)10-15-6/h11-12,15H,7-10H2,1-6H3. The molecule has 0 aliphatic heterocycles. The van der Waals surface area contributed by atoms with E-state index in [2.05, 4.69) is 47.0 Å². The highest BCUT2D eigenvalue weighted by Gasteiger charge is 2.41. The van der Waals surface area contributed by atoms with Crippen molar-refractivity contribution in [1.29, 1.82) is 0 Å². The van der Waals surface area contributed by atoms with Gasteiger partial charge in [-0.25, -0.2) is 0 Å². The third-order valence-electron chi connectivity index (χ3n) is 4.02. The molecule has 1 aliphatic carbocycles. The molecule has 15 heavy (non-hydrogen) atoms. The van der Waals surface area contributed by atoms with Crippen molar-refractivity contribution in [2.75, 3.05) is 13.6 Å². The minimum absolute atomic E-state index is 0.505. The van der Waals surface area contributed by atoms with Crippen LogP contribution in [0.5, 0.6) is 0 Å². The van der Waals surface area contributed by atoms with E-state index in [9.17, 15) is 0 Å². The van der Waals surface area contributed by atoms with E-state index < -0.39 is 0 Å². The van der Waals surface area contributed by atoms with E-state index in [1.165, 1.54) is 25.8 Å². The maximum atomic E-state index is 3.38. The van der Waals surface area contributed by atoms with Crippen LogP contribution in [-0.4, -0.2) is 13.6 Å². The Morgan fingerprint density at radius 3 is 2.27 bits per heavy atom. The quantitative estimate of drug-likeness (QED) is 0.750. The molecule has 1 aliphatic rings. The first kappa shape index (κ1) is 13.0. The number of hydrogen-bond donors (Lipinski definition) is 1. The molecule has 0 saturated heterocycles. The summed E-state index contributed by atoms with van der Waals surface area (Å²) < 4.78 is 0. The summed E-state index contributed by atoms with van der Waals surface area (Å²) in [6.45, 7) is 13.3. The summed E-state index contributed by atoms with van der Waals surface area (Å²) in [5, 5.41) is 3.38. The zero-order valence-corrected chi connectivity index (χ0v) is 11.5. The Morgan fingerprint density at radius 1 is 1.20 bits per heavy atom. The molecule has 2 unspecified atom stereocenters. The molecule has 1 rings (SSSR count). The van der Waals surface area contributed by atoms with Gasteiger partial charge in [0.15, 0.2) is 0 Å². The number of hydrogen-bond acceptors (Lipinski definition) is 1. The van der Waals surface area contributed by atoms with Gasteiger partial charge in [-0.15, -0.1) is 0 Å². The highest BCUT2D eigenvalue weighted by molar-refractivity contribution is 4.93. The summed E-state index contributed by atoms with van der Waals surface area (Å²) in [7, 11) is 2.08. The van der Waals surface area contributed by atoms with E-state index in [0.29, 0.717) is 10.8 Å². The van der Waals surface area contributed by atoms with Gasteiger partial charge in [-0.2, -0.15) is 0 Å². The minimum atomic E-state index is 0.505. The maximum absolute atomic E-state index is 3.38. The van der Waals surface area contributed by atoms with E-state index in [4.69, 9.17) is 0 Å². The Balaban J connectivity index is 2.76. The van der Waals surface area contributed by atoms with E-state index in [1.807, 2.05) is 0 Å². The molecule has 0 aromatic carbocycles. The molecule has 1 nitrogen and oxygen atoms in total. The average Bonchev–Trinajstić information content (AvgIpc) is 1.99. The second kappa shape index (κ2) is 4.45. The van der Waals surface area contributed by atoms with Crippen molar-refractivity contribution >= 4 is 0 Å². The number of nitrogens with one attached hydrogen (secondary N) is 1.